The number of aromatic nitrogens is 3. The molecule has 0 aromatic carbocycles. The van der Waals surface area contributed by atoms with Crippen LogP contribution in [-0.4, -0.2) is 26.0 Å². The summed E-state index contributed by atoms with van der Waals surface area (Å²) in [4.78, 5) is 4.21. The van der Waals surface area contributed by atoms with E-state index in [1.165, 1.54) is 0 Å². The van der Waals surface area contributed by atoms with E-state index in [0.29, 0.717) is 0 Å². The minimum atomic E-state index is -0.193. The lowest BCUT2D eigenvalue weighted by molar-refractivity contribution is 0.153. The summed E-state index contributed by atoms with van der Waals surface area (Å²) in [6.07, 6.45) is 5.98. The highest BCUT2D eigenvalue weighted by molar-refractivity contribution is 4.85. The lowest BCUT2D eigenvalue weighted by Crippen LogP contribution is -2.11. The molecule has 0 aliphatic rings. The first-order chi connectivity index (χ1) is 7.27. The van der Waals surface area contributed by atoms with Gasteiger partial charge in [-0.15, -0.1) is 0 Å². The van der Waals surface area contributed by atoms with Crippen LogP contribution in [0.4, 0.5) is 0 Å². The van der Waals surface area contributed by atoms with Gasteiger partial charge in [0, 0.05) is 13.0 Å². The molecule has 1 atom stereocenters. The zero-order chi connectivity index (χ0) is 11.1. The minimum Gasteiger partial charge on any atom is -0.393 e. The lowest BCUT2D eigenvalue weighted by Gasteiger charge is -2.09. The van der Waals surface area contributed by atoms with E-state index in [4.69, 9.17) is 0 Å². The molecule has 0 bridgehead atoms. The monoisotopic (exact) mass is 211 g/mol. The Balaban J connectivity index is 2.39. The molecule has 0 spiro atoms. The second-order valence-corrected chi connectivity index (χ2v) is 3.88. The number of nitrogens with zero attached hydrogens (tertiary/aromatic N) is 3. The standard InChI is InChI=1S/C11H21N3O/c1-3-5-10(15)6-7-11-12-9-13-14(11)8-4-2/h9-10,15H,3-8H2,1-2H3. The fourth-order valence-corrected chi connectivity index (χ4v) is 1.65. The third-order valence-electron chi connectivity index (χ3n) is 2.45. The minimum absolute atomic E-state index is 0.193. The van der Waals surface area contributed by atoms with Gasteiger partial charge in [-0.25, -0.2) is 4.98 Å². The van der Waals surface area contributed by atoms with E-state index in [2.05, 4.69) is 23.9 Å². The Morgan fingerprint density at radius 1 is 1.33 bits per heavy atom. The van der Waals surface area contributed by atoms with Crippen LogP contribution in [0.25, 0.3) is 0 Å². The van der Waals surface area contributed by atoms with Gasteiger partial charge in [0.2, 0.25) is 0 Å². The van der Waals surface area contributed by atoms with Crippen molar-refractivity contribution in [3.8, 4) is 0 Å². The van der Waals surface area contributed by atoms with Crippen LogP contribution in [0.5, 0.6) is 0 Å². The molecule has 4 heteroatoms. The summed E-state index contributed by atoms with van der Waals surface area (Å²) in [5.74, 6) is 0.993. The molecule has 86 valence electrons. The average Bonchev–Trinajstić information content (AvgIpc) is 2.64. The van der Waals surface area contributed by atoms with Crippen molar-refractivity contribution in [2.24, 2.45) is 0 Å². The highest BCUT2D eigenvalue weighted by atomic mass is 16.3. The maximum atomic E-state index is 9.61. The van der Waals surface area contributed by atoms with Crippen LogP contribution in [0.1, 0.15) is 45.4 Å². The van der Waals surface area contributed by atoms with E-state index in [1.54, 1.807) is 6.33 Å². The highest BCUT2D eigenvalue weighted by Crippen LogP contribution is 2.06. The van der Waals surface area contributed by atoms with Crippen molar-refractivity contribution in [3.63, 3.8) is 0 Å². The summed E-state index contributed by atoms with van der Waals surface area (Å²) in [6, 6.07) is 0. The van der Waals surface area contributed by atoms with E-state index >= 15 is 0 Å². The molecule has 1 unspecified atom stereocenters. The van der Waals surface area contributed by atoms with Crippen molar-refractivity contribution < 1.29 is 5.11 Å². The van der Waals surface area contributed by atoms with Gasteiger partial charge in [0.05, 0.1) is 6.10 Å². The number of rotatable bonds is 7. The molecule has 1 rings (SSSR count). The smallest absolute Gasteiger partial charge is 0.138 e. The Kier molecular flexibility index (Phi) is 5.32. The van der Waals surface area contributed by atoms with Gasteiger partial charge < -0.3 is 5.11 Å². The van der Waals surface area contributed by atoms with Crippen molar-refractivity contribution in [1.82, 2.24) is 14.8 Å². The molecule has 1 heterocycles. The fourth-order valence-electron chi connectivity index (χ4n) is 1.65. The molecule has 1 N–H and O–H groups in total. The van der Waals surface area contributed by atoms with Crippen LogP contribution < -0.4 is 0 Å². The summed E-state index contributed by atoms with van der Waals surface area (Å²) in [7, 11) is 0. The third-order valence-corrected chi connectivity index (χ3v) is 2.45. The van der Waals surface area contributed by atoms with Crippen molar-refractivity contribution in [2.45, 2.75) is 58.6 Å². The van der Waals surface area contributed by atoms with Crippen molar-refractivity contribution in [2.75, 3.05) is 0 Å². The van der Waals surface area contributed by atoms with Crippen molar-refractivity contribution in [1.29, 1.82) is 0 Å². The summed E-state index contributed by atoms with van der Waals surface area (Å²) in [6.45, 7) is 5.12. The molecule has 0 amide bonds. The summed E-state index contributed by atoms with van der Waals surface area (Å²) >= 11 is 0. The maximum absolute atomic E-state index is 9.61. The molecule has 0 saturated carbocycles. The van der Waals surface area contributed by atoms with Gasteiger partial charge in [0.1, 0.15) is 12.2 Å². The number of aliphatic hydroxyl groups excluding tert-OH is 1. The van der Waals surface area contributed by atoms with Crippen LogP contribution in [-0.2, 0) is 13.0 Å². The molecule has 0 saturated heterocycles. The van der Waals surface area contributed by atoms with E-state index in [1.807, 2.05) is 4.68 Å². The SMILES string of the molecule is CCCC(O)CCc1ncnn1CCC. The highest BCUT2D eigenvalue weighted by Gasteiger charge is 2.07. The van der Waals surface area contributed by atoms with Gasteiger partial charge in [0.25, 0.3) is 0 Å². The molecule has 0 radical (unpaired) electrons. The number of hydrogen-bond acceptors (Lipinski definition) is 3. The van der Waals surface area contributed by atoms with Gasteiger partial charge >= 0.3 is 0 Å². The molecule has 0 aliphatic carbocycles. The zero-order valence-electron chi connectivity index (χ0n) is 9.69. The Bertz CT molecular complexity index is 273. The van der Waals surface area contributed by atoms with Crippen LogP contribution in [0, 0.1) is 0 Å². The number of hydrogen-bond donors (Lipinski definition) is 1. The van der Waals surface area contributed by atoms with Gasteiger partial charge in [-0.3, -0.25) is 4.68 Å². The second kappa shape index (κ2) is 6.56. The van der Waals surface area contributed by atoms with Crippen LogP contribution in [0.2, 0.25) is 0 Å². The summed E-state index contributed by atoms with van der Waals surface area (Å²) in [5, 5.41) is 13.8. The Morgan fingerprint density at radius 2 is 2.13 bits per heavy atom. The molecule has 4 nitrogen and oxygen atoms in total. The van der Waals surface area contributed by atoms with Crippen LogP contribution in [0.3, 0.4) is 0 Å². The van der Waals surface area contributed by atoms with E-state index in [0.717, 1.165) is 44.5 Å². The average molecular weight is 211 g/mol. The van der Waals surface area contributed by atoms with E-state index in [9.17, 15) is 5.11 Å². The molecule has 1 aromatic rings. The normalized spacial score (nSPS) is 13.0. The first-order valence-electron chi connectivity index (χ1n) is 5.82. The van der Waals surface area contributed by atoms with Gasteiger partial charge in [0.15, 0.2) is 0 Å². The fraction of sp³-hybridized carbons (Fsp3) is 0.818. The third kappa shape index (κ3) is 4.00. The lowest BCUT2D eigenvalue weighted by atomic mass is 10.1. The quantitative estimate of drug-likeness (QED) is 0.748. The summed E-state index contributed by atoms with van der Waals surface area (Å²) < 4.78 is 1.93. The Hall–Kier alpha value is -0.900. The van der Waals surface area contributed by atoms with Crippen molar-refractivity contribution >= 4 is 0 Å². The predicted octanol–water partition coefficient (Wildman–Crippen LogP) is 1.78. The second-order valence-electron chi connectivity index (χ2n) is 3.88. The topological polar surface area (TPSA) is 50.9 Å². The molecule has 15 heavy (non-hydrogen) atoms. The van der Waals surface area contributed by atoms with Crippen LogP contribution >= 0.6 is 0 Å². The summed E-state index contributed by atoms with van der Waals surface area (Å²) in [5.41, 5.74) is 0. The maximum Gasteiger partial charge on any atom is 0.138 e. The molecule has 1 aromatic heterocycles. The van der Waals surface area contributed by atoms with E-state index < -0.39 is 0 Å². The molecular formula is C11H21N3O. The first kappa shape index (κ1) is 12.2. The van der Waals surface area contributed by atoms with Crippen molar-refractivity contribution in [3.05, 3.63) is 12.2 Å². The van der Waals surface area contributed by atoms with Gasteiger partial charge in [-0.2, -0.15) is 5.10 Å². The molecule has 0 aliphatic heterocycles. The number of aliphatic hydroxyl groups is 1. The van der Waals surface area contributed by atoms with Gasteiger partial charge in [-0.05, 0) is 19.3 Å². The molecular weight excluding hydrogens is 190 g/mol. The zero-order valence-corrected chi connectivity index (χ0v) is 9.69. The van der Waals surface area contributed by atoms with Crippen LogP contribution in [0.15, 0.2) is 6.33 Å². The van der Waals surface area contributed by atoms with E-state index in [-0.39, 0.29) is 6.10 Å². The Morgan fingerprint density at radius 3 is 2.80 bits per heavy atom. The van der Waals surface area contributed by atoms with Gasteiger partial charge in [-0.1, -0.05) is 20.3 Å². The molecule has 0 fully saturated rings. The number of aryl methyl sites for hydroxylation is 2. The first-order valence-corrected chi connectivity index (χ1v) is 5.82. The largest absolute Gasteiger partial charge is 0.393 e. The predicted molar refractivity (Wildman–Crippen MR) is 59.5 cm³/mol. The Labute approximate surface area is 91.3 Å².